The van der Waals surface area contributed by atoms with E-state index in [1.165, 1.54) is 9.80 Å². The number of amides is 2. The van der Waals surface area contributed by atoms with Gasteiger partial charge in [0.1, 0.15) is 0 Å². The van der Waals surface area contributed by atoms with Crippen molar-refractivity contribution in [1.29, 1.82) is 0 Å². The van der Waals surface area contributed by atoms with Gasteiger partial charge in [-0.25, -0.2) is 0 Å². The maximum Gasteiger partial charge on any atom is 0.312 e. The van der Waals surface area contributed by atoms with Crippen LogP contribution in [0.25, 0.3) is 0 Å². The summed E-state index contributed by atoms with van der Waals surface area (Å²) in [6.07, 6.45) is 3.19. The topological polar surface area (TPSA) is 40.6 Å². The molecule has 0 aromatic carbocycles. The Balaban J connectivity index is 4.64. The van der Waals surface area contributed by atoms with Gasteiger partial charge in [0.25, 0.3) is 0 Å². The number of hydrogen-bond donors (Lipinski definition) is 0. The molecule has 0 aliphatic carbocycles. The molecule has 0 heterocycles. The zero-order chi connectivity index (χ0) is 12.6. The van der Waals surface area contributed by atoms with Crippen molar-refractivity contribution in [3.8, 4) is 0 Å². The molecule has 0 bridgehead atoms. The molecule has 2 amide bonds. The monoisotopic (exact) mass is 224 g/mol. The van der Waals surface area contributed by atoms with Gasteiger partial charge in [0.2, 0.25) is 0 Å². The molecule has 0 rings (SSSR count). The van der Waals surface area contributed by atoms with E-state index in [1.54, 1.807) is 12.2 Å². The third-order valence-electron chi connectivity index (χ3n) is 2.22. The fraction of sp³-hybridized carbons (Fsp3) is 0.500. The minimum atomic E-state index is -0.497. The van der Waals surface area contributed by atoms with Gasteiger partial charge in [-0.3, -0.25) is 9.59 Å². The quantitative estimate of drug-likeness (QED) is 0.500. The molecule has 0 aromatic rings. The summed E-state index contributed by atoms with van der Waals surface area (Å²) in [5.41, 5.74) is 0. The van der Waals surface area contributed by atoms with E-state index in [-0.39, 0.29) is 0 Å². The van der Waals surface area contributed by atoms with E-state index in [4.69, 9.17) is 0 Å². The molecule has 0 atom stereocenters. The van der Waals surface area contributed by atoms with Crippen LogP contribution in [0.4, 0.5) is 0 Å². The maximum absolute atomic E-state index is 11.8. The molecular weight excluding hydrogens is 204 g/mol. The van der Waals surface area contributed by atoms with E-state index in [1.807, 2.05) is 13.8 Å². The lowest BCUT2D eigenvalue weighted by molar-refractivity contribution is -0.151. The van der Waals surface area contributed by atoms with Gasteiger partial charge in [-0.05, 0) is 13.8 Å². The first-order valence-electron chi connectivity index (χ1n) is 5.42. The first kappa shape index (κ1) is 14.4. The fourth-order valence-electron chi connectivity index (χ4n) is 1.33. The van der Waals surface area contributed by atoms with Crippen LogP contribution < -0.4 is 0 Å². The fourth-order valence-corrected chi connectivity index (χ4v) is 1.33. The molecule has 0 fully saturated rings. The Hall–Kier alpha value is -1.58. The zero-order valence-electron chi connectivity index (χ0n) is 10.1. The molecule has 0 unspecified atom stereocenters. The molecule has 90 valence electrons. The van der Waals surface area contributed by atoms with Gasteiger partial charge in [0.15, 0.2) is 0 Å². The van der Waals surface area contributed by atoms with Gasteiger partial charge >= 0.3 is 11.8 Å². The Kier molecular flexibility index (Phi) is 6.92. The molecule has 16 heavy (non-hydrogen) atoms. The average Bonchev–Trinajstić information content (AvgIpc) is 2.29. The summed E-state index contributed by atoms with van der Waals surface area (Å²) < 4.78 is 0. The van der Waals surface area contributed by atoms with Crippen molar-refractivity contribution in [3.05, 3.63) is 25.3 Å². The van der Waals surface area contributed by atoms with Crippen molar-refractivity contribution in [2.75, 3.05) is 26.2 Å². The van der Waals surface area contributed by atoms with E-state index in [2.05, 4.69) is 13.2 Å². The van der Waals surface area contributed by atoms with Crippen LogP contribution in [0.2, 0.25) is 0 Å². The van der Waals surface area contributed by atoms with Crippen molar-refractivity contribution in [1.82, 2.24) is 9.80 Å². The van der Waals surface area contributed by atoms with Crippen molar-refractivity contribution in [2.45, 2.75) is 13.8 Å². The summed E-state index contributed by atoms with van der Waals surface area (Å²) in [4.78, 5) is 26.5. The second-order valence-corrected chi connectivity index (χ2v) is 3.26. The Bertz CT molecular complexity index is 260. The summed E-state index contributed by atoms with van der Waals surface area (Å²) in [5, 5.41) is 0. The van der Waals surface area contributed by atoms with Crippen molar-refractivity contribution in [3.63, 3.8) is 0 Å². The van der Waals surface area contributed by atoms with Gasteiger partial charge in [0, 0.05) is 26.2 Å². The van der Waals surface area contributed by atoms with Gasteiger partial charge in [-0.2, -0.15) is 0 Å². The van der Waals surface area contributed by atoms with Crippen LogP contribution in [-0.2, 0) is 9.59 Å². The molecule has 0 radical (unpaired) electrons. The van der Waals surface area contributed by atoms with E-state index in [9.17, 15) is 9.59 Å². The predicted octanol–water partition coefficient (Wildman–Crippen LogP) is 1.06. The minimum absolute atomic E-state index is 0.359. The lowest BCUT2D eigenvalue weighted by Crippen LogP contribution is -2.45. The number of likely N-dealkylation sites (N-methyl/N-ethyl adjacent to an activating group) is 1. The van der Waals surface area contributed by atoms with Crippen molar-refractivity contribution in [2.24, 2.45) is 0 Å². The van der Waals surface area contributed by atoms with Crippen LogP contribution in [-0.4, -0.2) is 47.8 Å². The van der Waals surface area contributed by atoms with Gasteiger partial charge in [0.05, 0.1) is 0 Å². The molecule has 0 saturated carbocycles. The molecule has 4 nitrogen and oxygen atoms in total. The van der Waals surface area contributed by atoms with Crippen LogP contribution >= 0.6 is 0 Å². The summed E-state index contributed by atoms with van der Waals surface area (Å²) in [6, 6.07) is 0. The van der Waals surface area contributed by atoms with Crippen LogP contribution in [0.5, 0.6) is 0 Å². The smallest absolute Gasteiger partial charge is 0.312 e. The van der Waals surface area contributed by atoms with E-state index in [0.29, 0.717) is 26.2 Å². The molecule has 4 heteroatoms. The summed E-state index contributed by atoms with van der Waals surface area (Å²) in [7, 11) is 0. The van der Waals surface area contributed by atoms with Gasteiger partial charge < -0.3 is 9.80 Å². The number of rotatable bonds is 6. The second-order valence-electron chi connectivity index (χ2n) is 3.26. The Morgan fingerprint density at radius 1 is 0.938 bits per heavy atom. The second kappa shape index (κ2) is 7.68. The normalized spacial score (nSPS) is 9.38. The maximum atomic E-state index is 11.8. The Morgan fingerprint density at radius 2 is 1.31 bits per heavy atom. The standard InChI is InChI=1S/C12H20N2O2/c1-5-9-14(10-6-2)12(16)11(15)13(7-3)8-4/h5-6H,1-2,7-10H2,3-4H3. The molecule has 0 saturated heterocycles. The molecule has 0 aliphatic rings. The first-order chi connectivity index (χ1) is 7.62. The highest BCUT2D eigenvalue weighted by molar-refractivity contribution is 6.34. The summed E-state index contributed by atoms with van der Waals surface area (Å²) in [6.45, 7) is 12.6. The highest BCUT2D eigenvalue weighted by atomic mass is 16.2. The lowest BCUT2D eigenvalue weighted by Gasteiger charge is -2.23. The zero-order valence-corrected chi connectivity index (χ0v) is 10.1. The number of carbonyl (C=O) groups is 2. The summed E-state index contributed by atoms with van der Waals surface area (Å²) in [5.74, 6) is -0.961. The highest BCUT2D eigenvalue weighted by Gasteiger charge is 2.23. The predicted molar refractivity (Wildman–Crippen MR) is 64.9 cm³/mol. The minimum Gasteiger partial charge on any atom is -0.335 e. The van der Waals surface area contributed by atoms with Gasteiger partial charge in [-0.1, -0.05) is 12.2 Å². The van der Waals surface area contributed by atoms with Crippen molar-refractivity contribution < 1.29 is 9.59 Å². The Labute approximate surface area is 97.2 Å². The molecule has 0 aromatic heterocycles. The molecule has 0 spiro atoms. The van der Waals surface area contributed by atoms with E-state index in [0.717, 1.165) is 0 Å². The van der Waals surface area contributed by atoms with Gasteiger partial charge in [-0.15, -0.1) is 13.2 Å². The third kappa shape index (κ3) is 3.88. The van der Waals surface area contributed by atoms with Crippen molar-refractivity contribution >= 4 is 11.8 Å². The average molecular weight is 224 g/mol. The molecule has 0 aliphatic heterocycles. The van der Waals surface area contributed by atoms with Crippen LogP contribution in [0.1, 0.15) is 13.8 Å². The largest absolute Gasteiger partial charge is 0.335 e. The van der Waals surface area contributed by atoms with E-state index >= 15 is 0 Å². The molecular formula is C12H20N2O2. The SMILES string of the molecule is C=CCN(CC=C)C(=O)C(=O)N(CC)CC. The number of nitrogens with zero attached hydrogens (tertiary/aromatic N) is 2. The number of carbonyl (C=O) groups excluding carboxylic acids is 2. The van der Waals surface area contributed by atoms with E-state index < -0.39 is 11.8 Å². The van der Waals surface area contributed by atoms with Crippen LogP contribution in [0.15, 0.2) is 25.3 Å². The summed E-state index contributed by atoms with van der Waals surface area (Å²) >= 11 is 0. The Morgan fingerprint density at radius 3 is 1.62 bits per heavy atom. The lowest BCUT2D eigenvalue weighted by atomic mass is 10.3. The van der Waals surface area contributed by atoms with Crippen LogP contribution in [0, 0.1) is 0 Å². The highest BCUT2D eigenvalue weighted by Crippen LogP contribution is 1.97. The number of hydrogen-bond acceptors (Lipinski definition) is 2. The van der Waals surface area contributed by atoms with Crippen LogP contribution in [0.3, 0.4) is 0 Å². The molecule has 0 N–H and O–H groups in total. The first-order valence-corrected chi connectivity index (χ1v) is 5.42. The third-order valence-corrected chi connectivity index (χ3v) is 2.22.